The van der Waals surface area contributed by atoms with E-state index in [0.29, 0.717) is 0 Å². The van der Waals surface area contributed by atoms with Crippen LogP contribution in [0.5, 0.6) is 0 Å². The number of likely N-dealkylation sites (tertiary alicyclic amines) is 1. The predicted octanol–water partition coefficient (Wildman–Crippen LogP) is 4.55. The molecule has 1 N–H and O–H groups in total. The maximum absolute atomic E-state index is 13.5. The highest BCUT2D eigenvalue weighted by Crippen LogP contribution is 2.35. The quantitative estimate of drug-likeness (QED) is 0.575. The molecule has 5 nitrogen and oxygen atoms in total. The van der Waals surface area contributed by atoms with Gasteiger partial charge in [0, 0.05) is 42.5 Å². The van der Waals surface area contributed by atoms with Gasteiger partial charge in [-0.1, -0.05) is 42.5 Å². The number of carbonyl (C=O) groups is 1. The van der Waals surface area contributed by atoms with Crippen LogP contribution in [0.2, 0.25) is 0 Å². The first-order chi connectivity index (χ1) is 13.7. The number of rotatable bonds is 3. The summed E-state index contributed by atoms with van der Waals surface area (Å²) in [6.07, 6.45) is 7.72. The van der Waals surface area contributed by atoms with Crippen LogP contribution in [0.1, 0.15) is 34.8 Å². The van der Waals surface area contributed by atoms with Gasteiger partial charge in [-0.05, 0) is 30.0 Å². The summed E-state index contributed by atoms with van der Waals surface area (Å²) in [6.45, 7) is 0.807. The van der Waals surface area contributed by atoms with E-state index >= 15 is 0 Å². The van der Waals surface area contributed by atoms with Gasteiger partial charge in [0.25, 0.3) is 5.91 Å². The molecule has 1 fully saturated rings. The molecule has 1 amide bonds. The molecular formula is C23H22N4O. The summed E-state index contributed by atoms with van der Waals surface area (Å²) in [5, 5.41) is 7.88. The zero-order chi connectivity index (χ0) is 19.1. The number of hydrogen-bond donors (Lipinski definition) is 1. The van der Waals surface area contributed by atoms with Crippen LogP contribution in [0.4, 0.5) is 0 Å². The molecule has 1 aliphatic heterocycles. The largest absolute Gasteiger partial charge is 0.350 e. The van der Waals surface area contributed by atoms with Crippen molar-refractivity contribution in [1.29, 1.82) is 0 Å². The number of amides is 1. The number of hydrogen-bond acceptors (Lipinski definition) is 2. The van der Waals surface area contributed by atoms with Gasteiger partial charge in [-0.15, -0.1) is 0 Å². The Balaban J connectivity index is 1.53. The van der Waals surface area contributed by atoms with Crippen LogP contribution in [-0.4, -0.2) is 32.1 Å². The third-order valence-corrected chi connectivity index (χ3v) is 5.75. The number of carbonyl (C=O) groups excluding carboxylic acids is 1. The van der Waals surface area contributed by atoms with Crippen LogP contribution in [0.25, 0.3) is 22.0 Å². The Kier molecular flexibility index (Phi) is 4.01. The SMILES string of the molecule is Cn1cc(C(=O)N2CCC[C@@H]2c2ccccc2)c2ccc(-c3cn[nH]c3)cc21. The van der Waals surface area contributed by atoms with Crippen LogP contribution in [0.3, 0.4) is 0 Å². The second-order valence-corrected chi connectivity index (χ2v) is 7.44. The van der Waals surface area contributed by atoms with E-state index in [1.807, 2.05) is 53.3 Å². The predicted molar refractivity (Wildman–Crippen MR) is 110 cm³/mol. The van der Waals surface area contributed by atoms with Crippen molar-refractivity contribution in [2.45, 2.75) is 18.9 Å². The molecule has 1 saturated heterocycles. The lowest BCUT2D eigenvalue weighted by Gasteiger charge is -2.25. The smallest absolute Gasteiger partial charge is 0.256 e. The van der Waals surface area contributed by atoms with Gasteiger partial charge in [-0.3, -0.25) is 9.89 Å². The van der Waals surface area contributed by atoms with Crippen molar-refractivity contribution in [3.63, 3.8) is 0 Å². The van der Waals surface area contributed by atoms with E-state index in [2.05, 4.69) is 40.5 Å². The highest BCUT2D eigenvalue weighted by molar-refractivity contribution is 6.07. The van der Waals surface area contributed by atoms with E-state index in [4.69, 9.17) is 0 Å². The lowest BCUT2D eigenvalue weighted by Crippen LogP contribution is -2.30. The maximum Gasteiger partial charge on any atom is 0.256 e. The Morgan fingerprint density at radius 1 is 1.14 bits per heavy atom. The summed E-state index contributed by atoms with van der Waals surface area (Å²) in [5.74, 6) is 0.119. The minimum atomic E-state index is 0.119. The Labute approximate surface area is 163 Å². The number of aromatic amines is 1. The number of aromatic nitrogens is 3. The molecule has 0 saturated carbocycles. The summed E-state index contributed by atoms with van der Waals surface area (Å²) < 4.78 is 2.04. The molecule has 0 aliphatic carbocycles. The molecule has 140 valence electrons. The van der Waals surface area contributed by atoms with Crippen molar-refractivity contribution in [3.05, 3.63) is 78.2 Å². The second-order valence-electron chi connectivity index (χ2n) is 7.44. The molecule has 5 rings (SSSR count). The Hall–Kier alpha value is -3.34. The van der Waals surface area contributed by atoms with Crippen molar-refractivity contribution in [2.75, 3.05) is 6.54 Å². The fourth-order valence-corrected chi connectivity index (χ4v) is 4.33. The van der Waals surface area contributed by atoms with Gasteiger partial charge in [-0.25, -0.2) is 0 Å². The second kappa shape index (κ2) is 6.68. The number of aryl methyl sites for hydroxylation is 1. The van der Waals surface area contributed by atoms with Crippen molar-refractivity contribution in [3.8, 4) is 11.1 Å². The lowest BCUT2D eigenvalue weighted by molar-refractivity contribution is 0.0737. The standard InChI is InChI=1S/C23H22N4O/c1-26-15-20(19-10-9-17(12-22(19)26)18-13-24-25-14-18)23(28)27-11-5-8-21(27)16-6-3-2-4-7-16/h2-4,6-7,9-10,12-15,21H,5,8,11H2,1H3,(H,24,25)/t21-/m1/s1. The molecule has 3 heterocycles. The molecule has 1 atom stereocenters. The van der Waals surface area contributed by atoms with Crippen molar-refractivity contribution in [1.82, 2.24) is 19.7 Å². The summed E-state index contributed by atoms with van der Waals surface area (Å²) in [7, 11) is 2.00. The van der Waals surface area contributed by atoms with Gasteiger partial charge >= 0.3 is 0 Å². The first kappa shape index (κ1) is 16.8. The average Bonchev–Trinajstić information content (AvgIpc) is 3.48. The van der Waals surface area contributed by atoms with E-state index < -0.39 is 0 Å². The van der Waals surface area contributed by atoms with E-state index in [1.165, 1.54) is 5.56 Å². The minimum Gasteiger partial charge on any atom is -0.350 e. The summed E-state index contributed by atoms with van der Waals surface area (Å²) in [4.78, 5) is 15.5. The van der Waals surface area contributed by atoms with Crippen LogP contribution in [0, 0.1) is 0 Å². The van der Waals surface area contributed by atoms with E-state index in [1.54, 1.807) is 0 Å². The van der Waals surface area contributed by atoms with Gasteiger partial charge in [0.2, 0.25) is 0 Å². The van der Waals surface area contributed by atoms with Gasteiger partial charge in [0.1, 0.15) is 0 Å². The highest BCUT2D eigenvalue weighted by Gasteiger charge is 2.31. The molecular weight excluding hydrogens is 348 g/mol. The molecule has 0 spiro atoms. The van der Waals surface area contributed by atoms with Crippen LogP contribution in [0.15, 0.2) is 67.1 Å². The molecule has 2 aromatic heterocycles. The molecule has 28 heavy (non-hydrogen) atoms. The number of nitrogens with one attached hydrogen (secondary N) is 1. The lowest BCUT2D eigenvalue weighted by atomic mass is 10.0. The Bertz CT molecular complexity index is 1130. The fraction of sp³-hybridized carbons (Fsp3) is 0.217. The zero-order valence-electron chi connectivity index (χ0n) is 15.8. The third-order valence-electron chi connectivity index (χ3n) is 5.75. The summed E-state index contributed by atoms with van der Waals surface area (Å²) in [5.41, 5.74) is 5.18. The van der Waals surface area contributed by atoms with Gasteiger partial charge in [-0.2, -0.15) is 5.10 Å². The van der Waals surface area contributed by atoms with E-state index in [-0.39, 0.29) is 11.9 Å². The molecule has 5 heteroatoms. The molecule has 0 unspecified atom stereocenters. The van der Waals surface area contributed by atoms with Crippen LogP contribution >= 0.6 is 0 Å². The number of benzene rings is 2. The average molecular weight is 370 g/mol. The van der Waals surface area contributed by atoms with Gasteiger partial charge in [0.15, 0.2) is 0 Å². The van der Waals surface area contributed by atoms with Crippen molar-refractivity contribution < 1.29 is 4.79 Å². The monoisotopic (exact) mass is 370 g/mol. The summed E-state index contributed by atoms with van der Waals surface area (Å²) >= 11 is 0. The van der Waals surface area contributed by atoms with E-state index in [0.717, 1.165) is 47.0 Å². The Morgan fingerprint density at radius 3 is 2.79 bits per heavy atom. The molecule has 0 radical (unpaired) electrons. The fourth-order valence-electron chi connectivity index (χ4n) is 4.33. The van der Waals surface area contributed by atoms with Crippen LogP contribution < -0.4 is 0 Å². The highest BCUT2D eigenvalue weighted by atomic mass is 16.2. The normalized spacial score (nSPS) is 16.8. The molecule has 1 aliphatic rings. The van der Waals surface area contributed by atoms with Crippen molar-refractivity contribution in [2.24, 2.45) is 7.05 Å². The molecule has 2 aromatic carbocycles. The minimum absolute atomic E-state index is 0.119. The third kappa shape index (κ3) is 2.71. The number of H-pyrrole nitrogens is 1. The zero-order valence-corrected chi connectivity index (χ0v) is 15.8. The molecule has 0 bridgehead atoms. The van der Waals surface area contributed by atoms with Crippen LogP contribution in [-0.2, 0) is 7.05 Å². The topological polar surface area (TPSA) is 53.9 Å². The Morgan fingerprint density at radius 2 is 2.00 bits per heavy atom. The number of fused-ring (bicyclic) bond motifs is 1. The summed E-state index contributed by atoms with van der Waals surface area (Å²) in [6, 6.07) is 16.8. The first-order valence-corrected chi connectivity index (χ1v) is 9.66. The first-order valence-electron chi connectivity index (χ1n) is 9.66. The van der Waals surface area contributed by atoms with Gasteiger partial charge < -0.3 is 9.47 Å². The maximum atomic E-state index is 13.5. The van der Waals surface area contributed by atoms with Gasteiger partial charge in [0.05, 0.1) is 17.8 Å². The van der Waals surface area contributed by atoms with Crippen molar-refractivity contribution >= 4 is 16.8 Å². The number of nitrogens with zero attached hydrogens (tertiary/aromatic N) is 3. The molecule has 4 aromatic rings. The van der Waals surface area contributed by atoms with E-state index in [9.17, 15) is 4.79 Å².